The quantitative estimate of drug-likeness (QED) is 0.566. The molecule has 0 bridgehead atoms. The van der Waals surface area contributed by atoms with Crippen LogP contribution in [0, 0.1) is 0 Å². The first-order chi connectivity index (χ1) is 12.5. The number of hydrogen-bond acceptors (Lipinski definition) is 5. The van der Waals surface area contributed by atoms with Gasteiger partial charge in [-0.3, -0.25) is 14.3 Å². The van der Waals surface area contributed by atoms with Gasteiger partial charge in [0.05, 0.1) is 32.2 Å². The lowest BCUT2D eigenvalue weighted by Crippen LogP contribution is -2.14. The largest absolute Gasteiger partial charge is 0.320 e. The number of H-pyrrole nitrogens is 1. The van der Waals surface area contributed by atoms with Crippen LogP contribution in [0.1, 0.15) is 10.4 Å². The van der Waals surface area contributed by atoms with Gasteiger partial charge in [-0.15, -0.1) is 11.3 Å². The number of fused-ring (bicyclic) bond motifs is 1. The minimum absolute atomic E-state index is 0.263. The SMILES string of the molecule is Cn1cc(C(=O)Nc2cccc3c(=O)[nH]cnc23)c(-c2ccc(Cl)s2)n1. The number of rotatable bonds is 3. The smallest absolute Gasteiger partial charge is 0.259 e. The Kier molecular flexibility index (Phi) is 4.06. The highest BCUT2D eigenvalue weighted by Gasteiger charge is 2.19. The third-order valence-corrected chi connectivity index (χ3v) is 5.04. The molecule has 7 nitrogen and oxygen atoms in total. The fourth-order valence-electron chi connectivity index (χ4n) is 2.67. The Bertz CT molecular complexity index is 1190. The number of nitrogens with one attached hydrogen (secondary N) is 2. The van der Waals surface area contributed by atoms with Gasteiger partial charge in [-0.05, 0) is 24.3 Å². The van der Waals surface area contributed by atoms with Gasteiger partial charge in [0.2, 0.25) is 0 Å². The number of para-hydroxylation sites is 1. The molecule has 0 aliphatic carbocycles. The molecule has 1 amide bonds. The van der Waals surface area contributed by atoms with Crippen molar-refractivity contribution in [2.24, 2.45) is 7.05 Å². The minimum atomic E-state index is -0.341. The summed E-state index contributed by atoms with van der Waals surface area (Å²) in [5, 5.41) is 7.60. The van der Waals surface area contributed by atoms with E-state index in [-0.39, 0.29) is 11.5 Å². The second kappa shape index (κ2) is 6.40. The molecule has 0 radical (unpaired) electrons. The molecule has 0 spiro atoms. The third kappa shape index (κ3) is 2.89. The number of thiophene rings is 1. The van der Waals surface area contributed by atoms with Gasteiger partial charge in [0, 0.05) is 13.2 Å². The summed E-state index contributed by atoms with van der Waals surface area (Å²) >= 11 is 7.35. The molecule has 1 aromatic carbocycles. The Morgan fingerprint density at radius 1 is 1.31 bits per heavy atom. The van der Waals surface area contributed by atoms with E-state index in [9.17, 15) is 9.59 Å². The van der Waals surface area contributed by atoms with E-state index in [1.165, 1.54) is 17.7 Å². The van der Waals surface area contributed by atoms with Crippen LogP contribution >= 0.6 is 22.9 Å². The Morgan fingerprint density at radius 3 is 2.92 bits per heavy atom. The Morgan fingerprint density at radius 2 is 2.15 bits per heavy atom. The fraction of sp³-hybridized carbons (Fsp3) is 0.0588. The summed E-state index contributed by atoms with van der Waals surface area (Å²) in [4.78, 5) is 32.2. The molecule has 3 heterocycles. The summed E-state index contributed by atoms with van der Waals surface area (Å²) < 4.78 is 2.19. The lowest BCUT2D eigenvalue weighted by atomic mass is 10.1. The Labute approximate surface area is 156 Å². The van der Waals surface area contributed by atoms with E-state index in [2.05, 4.69) is 20.4 Å². The molecule has 4 rings (SSSR count). The summed E-state index contributed by atoms with van der Waals surface area (Å²) in [6.45, 7) is 0. The molecule has 4 aromatic rings. The molecule has 130 valence electrons. The number of halogens is 1. The van der Waals surface area contributed by atoms with E-state index in [4.69, 9.17) is 11.6 Å². The molecule has 0 saturated carbocycles. The van der Waals surface area contributed by atoms with Crippen LogP contribution in [-0.2, 0) is 7.05 Å². The van der Waals surface area contributed by atoms with E-state index in [0.29, 0.717) is 32.2 Å². The highest BCUT2D eigenvalue weighted by atomic mass is 35.5. The Balaban J connectivity index is 1.75. The lowest BCUT2D eigenvalue weighted by molar-refractivity contribution is 0.102. The van der Waals surface area contributed by atoms with E-state index in [1.807, 2.05) is 6.07 Å². The average molecular weight is 386 g/mol. The maximum absolute atomic E-state index is 12.9. The van der Waals surface area contributed by atoms with Gasteiger partial charge in [0.25, 0.3) is 11.5 Å². The second-order valence-electron chi connectivity index (χ2n) is 5.56. The van der Waals surface area contributed by atoms with Crippen molar-refractivity contribution in [3.05, 3.63) is 63.1 Å². The summed E-state index contributed by atoms with van der Waals surface area (Å²) in [6, 6.07) is 8.63. The Hall–Kier alpha value is -2.97. The number of aryl methyl sites for hydroxylation is 1. The molecule has 9 heteroatoms. The average Bonchev–Trinajstić information content (AvgIpc) is 3.21. The molecule has 0 atom stereocenters. The van der Waals surface area contributed by atoms with Crippen LogP contribution in [0.3, 0.4) is 0 Å². The monoisotopic (exact) mass is 385 g/mol. The van der Waals surface area contributed by atoms with E-state index < -0.39 is 0 Å². The van der Waals surface area contributed by atoms with Crippen molar-refractivity contribution >= 4 is 45.4 Å². The molecule has 0 aliphatic heterocycles. The van der Waals surface area contributed by atoms with E-state index in [1.54, 1.807) is 42.2 Å². The maximum Gasteiger partial charge on any atom is 0.259 e. The fourth-order valence-corrected chi connectivity index (χ4v) is 3.71. The molecule has 26 heavy (non-hydrogen) atoms. The first kappa shape index (κ1) is 16.5. The lowest BCUT2D eigenvalue weighted by Gasteiger charge is -2.07. The first-order valence-corrected chi connectivity index (χ1v) is 8.79. The molecule has 0 saturated heterocycles. The normalized spacial score (nSPS) is 11.0. The van der Waals surface area contributed by atoms with Gasteiger partial charge in [0.1, 0.15) is 11.2 Å². The van der Waals surface area contributed by atoms with Gasteiger partial charge >= 0.3 is 0 Å². The standard InChI is InChI=1S/C17H12ClN5O2S/c1-23-7-10(15(22-23)12-5-6-13(18)26-12)17(25)21-11-4-2-3-9-14(11)19-8-20-16(9)24/h2-8H,1H3,(H,21,25)(H,19,20,24). The molecule has 0 aliphatic rings. The van der Waals surface area contributed by atoms with Crippen LogP contribution < -0.4 is 10.9 Å². The molecule has 0 fully saturated rings. The van der Waals surface area contributed by atoms with Crippen molar-refractivity contribution in [1.82, 2.24) is 19.7 Å². The number of anilines is 1. The number of aromatic nitrogens is 4. The van der Waals surface area contributed by atoms with Crippen LogP contribution in [0.4, 0.5) is 5.69 Å². The van der Waals surface area contributed by atoms with Crippen LogP contribution in [0.5, 0.6) is 0 Å². The zero-order chi connectivity index (χ0) is 18.3. The van der Waals surface area contributed by atoms with Gasteiger partial charge < -0.3 is 10.3 Å². The van der Waals surface area contributed by atoms with Crippen LogP contribution in [0.2, 0.25) is 4.34 Å². The van der Waals surface area contributed by atoms with Crippen molar-refractivity contribution in [3.63, 3.8) is 0 Å². The van der Waals surface area contributed by atoms with Crippen molar-refractivity contribution in [2.75, 3.05) is 5.32 Å². The van der Waals surface area contributed by atoms with Crippen LogP contribution in [0.25, 0.3) is 21.5 Å². The number of carbonyl (C=O) groups excluding carboxylic acids is 1. The zero-order valence-corrected chi connectivity index (χ0v) is 15.1. The molecule has 0 unspecified atom stereocenters. The zero-order valence-electron chi connectivity index (χ0n) is 13.5. The summed E-state index contributed by atoms with van der Waals surface area (Å²) in [5.41, 5.74) is 1.58. The summed E-state index contributed by atoms with van der Waals surface area (Å²) in [7, 11) is 1.74. The van der Waals surface area contributed by atoms with Gasteiger partial charge in [0.15, 0.2) is 0 Å². The van der Waals surface area contributed by atoms with Crippen molar-refractivity contribution in [3.8, 4) is 10.6 Å². The number of benzene rings is 1. The molecule has 3 aromatic heterocycles. The number of nitrogens with zero attached hydrogens (tertiary/aromatic N) is 3. The second-order valence-corrected chi connectivity index (χ2v) is 7.27. The highest BCUT2D eigenvalue weighted by Crippen LogP contribution is 2.32. The summed E-state index contributed by atoms with van der Waals surface area (Å²) in [6.07, 6.45) is 2.95. The third-order valence-electron chi connectivity index (χ3n) is 3.80. The van der Waals surface area contributed by atoms with E-state index in [0.717, 1.165) is 4.88 Å². The molecular formula is C17H12ClN5O2S. The molecule has 2 N–H and O–H groups in total. The predicted octanol–water partition coefficient (Wildman–Crippen LogP) is 3.29. The number of carbonyl (C=O) groups is 1. The van der Waals surface area contributed by atoms with Gasteiger partial charge in [-0.2, -0.15) is 5.10 Å². The van der Waals surface area contributed by atoms with Crippen LogP contribution in [-0.4, -0.2) is 25.7 Å². The van der Waals surface area contributed by atoms with Gasteiger partial charge in [-0.25, -0.2) is 4.98 Å². The maximum atomic E-state index is 12.9. The number of aromatic amines is 1. The van der Waals surface area contributed by atoms with E-state index >= 15 is 0 Å². The van der Waals surface area contributed by atoms with Crippen molar-refractivity contribution < 1.29 is 4.79 Å². The van der Waals surface area contributed by atoms with Crippen molar-refractivity contribution in [2.45, 2.75) is 0 Å². The minimum Gasteiger partial charge on any atom is -0.320 e. The highest BCUT2D eigenvalue weighted by molar-refractivity contribution is 7.19. The molecular weight excluding hydrogens is 374 g/mol. The first-order valence-electron chi connectivity index (χ1n) is 7.60. The number of hydrogen-bond donors (Lipinski definition) is 2. The van der Waals surface area contributed by atoms with Gasteiger partial charge in [-0.1, -0.05) is 17.7 Å². The topological polar surface area (TPSA) is 92.7 Å². The van der Waals surface area contributed by atoms with Crippen LogP contribution in [0.15, 0.2) is 47.7 Å². The summed E-state index contributed by atoms with van der Waals surface area (Å²) in [5.74, 6) is -0.341. The predicted molar refractivity (Wildman–Crippen MR) is 102 cm³/mol. The number of amides is 1. The van der Waals surface area contributed by atoms with Crippen molar-refractivity contribution in [1.29, 1.82) is 0 Å².